The monoisotopic (exact) mass is 118 g/mol. The van der Waals surface area contributed by atoms with Gasteiger partial charge in [0.05, 0.1) is 0 Å². The summed E-state index contributed by atoms with van der Waals surface area (Å²) >= 11 is 0. The van der Waals surface area contributed by atoms with Crippen LogP contribution in [0, 0.1) is 0 Å². The molecule has 0 aromatic heterocycles. The Morgan fingerprint density at radius 1 is 1.25 bits per heavy atom. The van der Waals surface area contributed by atoms with Crippen LogP contribution in [0.4, 0.5) is 4.70 Å². The minimum atomic E-state index is 0. The minimum Gasteiger partial charge on any atom is -1.00 e. The van der Waals surface area contributed by atoms with Gasteiger partial charge in [-0.25, -0.2) is 0 Å². The van der Waals surface area contributed by atoms with Gasteiger partial charge in [-0.2, -0.15) is 13.5 Å². The molecule has 0 amide bonds. The van der Waals surface area contributed by atoms with E-state index < -0.39 is 0 Å². The fraction of sp³-hybridized carbons (Fsp3) is 0. The molecule has 26 valence electrons. The van der Waals surface area contributed by atoms with Crippen LogP contribution in [0.1, 0.15) is 1.43 Å². The SMILES string of the molecule is F.S.[Fe].[H-].[Li+]. The molecule has 4 heavy (non-hydrogen) atoms. The van der Waals surface area contributed by atoms with E-state index in [1.807, 2.05) is 0 Å². The standard InChI is InChI=1S/FH.Fe.Li.H2S.H/h1H;;;1H2;/q;;+1;;-1. The van der Waals surface area contributed by atoms with E-state index in [1.165, 1.54) is 0 Å². The first-order valence-electron chi connectivity index (χ1n) is 0. The van der Waals surface area contributed by atoms with E-state index >= 15 is 0 Å². The van der Waals surface area contributed by atoms with E-state index in [1.54, 1.807) is 0 Å². The summed E-state index contributed by atoms with van der Waals surface area (Å²) in [4.78, 5) is 0. The van der Waals surface area contributed by atoms with Crippen molar-refractivity contribution in [3.8, 4) is 0 Å². The van der Waals surface area contributed by atoms with Crippen molar-refractivity contribution < 1.29 is 42.1 Å². The molecule has 0 aliphatic heterocycles. The van der Waals surface area contributed by atoms with E-state index in [0.29, 0.717) is 0 Å². The van der Waals surface area contributed by atoms with Gasteiger partial charge in [0, 0.05) is 17.1 Å². The van der Waals surface area contributed by atoms with E-state index in [4.69, 9.17) is 0 Å². The van der Waals surface area contributed by atoms with Gasteiger partial charge in [-0.3, -0.25) is 4.70 Å². The quantitative estimate of drug-likeness (QED) is 0.305. The van der Waals surface area contributed by atoms with E-state index in [2.05, 4.69) is 0 Å². The number of hydrogen-bond donors (Lipinski definition) is 0. The Bertz CT molecular complexity index is 11.6. The van der Waals surface area contributed by atoms with Crippen molar-refractivity contribution in [2.45, 2.75) is 0 Å². The maximum absolute atomic E-state index is 0. The molecule has 0 radical (unpaired) electrons. The molecule has 0 bridgehead atoms. The molecule has 0 aliphatic rings. The van der Waals surface area contributed by atoms with Crippen LogP contribution in [0.2, 0.25) is 0 Å². The molecule has 0 atom stereocenters. The third kappa shape index (κ3) is 10.0. The number of rotatable bonds is 0. The van der Waals surface area contributed by atoms with E-state index in [9.17, 15) is 0 Å². The molecule has 0 N–H and O–H groups in total. The van der Waals surface area contributed by atoms with E-state index in [0.717, 1.165) is 0 Å². The Hall–Kier alpha value is 1.40. The topological polar surface area (TPSA) is 0 Å². The van der Waals surface area contributed by atoms with Crippen molar-refractivity contribution in [3.63, 3.8) is 0 Å². The van der Waals surface area contributed by atoms with Gasteiger partial charge in [0.25, 0.3) is 0 Å². The Morgan fingerprint density at radius 2 is 1.25 bits per heavy atom. The van der Waals surface area contributed by atoms with Crippen molar-refractivity contribution in [2.24, 2.45) is 0 Å². The van der Waals surface area contributed by atoms with Gasteiger partial charge in [0.15, 0.2) is 0 Å². The largest absolute Gasteiger partial charge is 1.00 e. The average Bonchev–Trinajstić information content (AvgIpc) is 0. The smallest absolute Gasteiger partial charge is 1.00 e. The molecule has 0 heterocycles. The van der Waals surface area contributed by atoms with Gasteiger partial charge in [0.1, 0.15) is 0 Å². The Labute approximate surface area is 55.7 Å². The zero-order valence-electron chi connectivity index (χ0n) is 3.26. The molecular formula is H4FFeLiS. The summed E-state index contributed by atoms with van der Waals surface area (Å²) in [6.45, 7) is 0. The van der Waals surface area contributed by atoms with Crippen molar-refractivity contribution in [3.05, 3.63) is 0 Å². The summed E-state index contributed by atoms with van der Waals surface area (Å²) in [6, 6.07) is 0. The molecule has 4 heteroatoms. The third-order valence-corrected chi connectivity index (χ3v) is 0. The van der Waals surface area contributed by atoms with Crippen LogP contribution >= 0.6 is 13.5 Å². The first-order chi connectivity index (χ1) is 0. The predicted molar refractivity (Wildman–Crippen MR) is 14.0 cm³/mol. The van der Waals surface area contributed by atoms with Gasteiger partial charge in [-0.15, -0.1) is 0 Å². The van der Waals surface area contributed by atoms with Crippen LogP contribution in [0.25, 0.3) is 0 Å². The van der Waals surface area contributed by atoms with Gasteiger partial charge >= 0.3 is 18.9 Å². The molecule has 0 saturated heterocycles. The molecule has 0 nitrogen and oxygen atoms in total. The van der Waals surface area contributed by atoms with Gasteiger partial charge in [-0.05, 0) is 0 Å². The molecule has 0 saturated carbocycles. The molecule has 0 aromatic rings. The van der Waals surface area contributed by atoms with Gasteiger partial charge < -0.3 is 1.43 Å². The summed E-state index contributed by atoms with van der Waals surface area (Å²) in [7, 11) is 0. The maximum Gasteiger partial charge on any atom is 1.00 e. The molecule has 0 fully saturated rings. The normalized spacial score (nSPS) is 0. The fourth-order valence-corrected chi connectivity index (χ4v) is 0. The van der Waals surface area contributed by atoms with Gasteiger partial charge in [0.2, 0.25) is 0 Å². The van der Waals surface area contributed by atoms with Crippen molar-refractivity contribution >= 4 is 13.5 Å². The second kappa shape index (κ2) is 26.0. The first kappa shape index (κ1) is 53.5. The summed E-state index contributed by atoms with van der Waals surface area (Å²) in [6.07, 6.45) is 0. The maximum atomic E-state index is 0. The summed E-state index contributed by atoms with van der Waals surface area (Å²) in [5, 5.41) is 0. The van der Waals surface area contributed by atoms with Crippen LogP contribution in [-0.2, 0) is 17.1 Å². The summed E-state index contributed by atoms with van der Waals surface area (Å²) in [5.74, 6) is 0. The van der Waals surface area contributed by atoms with Crippen LogP contribution in [0.5, 0.6) is 0 Å². The molecule has 0 spiro atoms. The molecular weight excluding hydrogens is 114 g/mol. The average molecular weight is 118 g/mol. The first-order valence-corrected chi connectivity index (χ1v) is 0. The van der Waals surface area contributed by atoms with Crippen LogP contribution < -0.4 is 18.9 Å². The van der Waals surface area contributed by atoms with Crippen LogP contribution in [0.3, 0.4) is 0 Å². The van der Waals surface area contributed by atoms with Crippen molar-refractivity contribution in [2.75, 3.05) is 0 Å². The Morgan fingerprint density at radius 3 is 1.25 bits per heavy atom. The van der Waals surface area contributed by atoms with Crippen molar-refractivity contribution in [1.29, 1.82) is 0 Å². The van der Waals surface area contributed by atoms with Crippen LogP contribution in [-0.4, -0.2) is 0 Å². The minimum absolute atomic E-state index is 0. The Kier molecular flexibility index (Phi) is 348. The second-order valence-electron chi connectivity index (χ2n) is 0. The molecule has 0 aliphatic carbocycles. The van der Waals surface area contributed by atoms with E-state index in [-0.39, 0.29) is 55.6 Å². The predicted octanol–water partition coefficient (Wildman–Crippen LogP) is -2.62. The molecule has 0 unspecified atom stereocenters. The van der Waals surface area contributed by atoms with Crippen molar-refractivity contribution in [1.82, 2.24) is 0 Å². The fourth-order valence-electron chi connectivity index (χ4n) is 0. The van der Waals surface area contributed by atoms with Gasteiger partial charge in [-0.1, -0.05) is 0 Å². The number of hydrogen-bond acceptors (Lipinski definition) is 0. The number of halogens is 1. The summed E-state index contributed by atoms with van der Waals surface area (Å²) in [5.41, 5.74) is 0. The molecule has 0 aromatic carbocycles. The Balaban J connectivity index is 0. The zero-order chi connectivity index (χ0) is 0. The summed E-state index contributed by atoms with van der Waals surface area (Å²) < 4.78 is 0. The third-order valence-electron chi connectivity index (χ3n) is 0. The van der Waals surface area contributed by atoms with Crippen LogP contribution in [0.15, 0.2) is 0 Å². The molecule has 0 rings (SSSR count). The zero-order valence-corrected chi connectivity index (χ0v) is 4.37. The second-order valence-corrected chi connectivity index (χ2v) is 0.